The molecule has 0 spiro atoms. The molecule has 0 aliphatic rings. The molecule has 0 N–H and O–H groups in total. The van der Waals surface area contributed by atoms with Gasteiger partial charge >= 0.3 is 0 Å². The Kier molecular flexibility index (Phi) is 3.50. The monoisotopic (exact) mass is 299 g/mol. The Morgan fingerprint density at radius 1 is 1.38 bits per heavy atom. The summed E-state index contributed by atoms with van der Waals surface area (Å²) in [4.78, 5) is 8.28. The summed E-state index contributed by atoms with van der Waals surface area (Å²) >= 11 is 4.58. The van der Waals surface area contributed by atoms with E-state index in [4.69, 9.17) is 4.74 Å². The van der Waals surface area contributed by atoms with Crippen LogP contribution in [0.25, 0.3) is 0 Å². The van der Waals surface area contributed by atoms with Crippen molar-refractivity contribution in [3.05, 3.63) is 28.8 Å². The smallest absolute Gasteiger partial charge is 0.298 e. The van der Waals surface area contributed by atoms with Gasteiger partial charge in [-0.1, -0.05) is 13.8 Å². The van der Waals surface area contributed by atoms with E-state index in [1.807, 2.05) is 19.9 Å². The molecule has 0 aliphatic heterocycles. The number of halogens is 1. The molecule has 0 aromatic carbocycles. The summed E-state index contributed by atoms with van der Waals surface area (Å²) < 4.78 is 10.6. The van der Waals surface area contributed by atoms with Gasteiger partial charge in [0.1, 0.15) is 11.6 Å². The second-order valence-electron chi connectivity index (χ2n) is 3.51. The normalized spacial score (nSPS) is 10.8. The predicted molar refractivity (Wildman–Crippen MR) is 66.0 cm³/mol. The maximum atomic E-state index is 5.54. The molecule has 0 saturated carbocycles. The Morgan fingerprint density at radius 3 is 2.81 bits per heavy atom. The highest BCUT2D eigenvalue weighted by Crippen LogP contribution is 2.26. The van der Waals surface area contributed by atoms with E-state index in [9.17, 15) is 0 Å². The lowest BCUT2D eigenvalue weighted by molar-refractivity contribution is 0.473. The maximum Gasteiger partial charge on any atom is 0.298 e. The summed E-state index contributed by atoms with van der Waals surface area (Å²) in [7, 11) is 0. The molecular weight excluding hydrogens is 290 g/mol. The first-order valence-corrected chi connectivity index (χ1v) is 6.34. The SMILES string of the molecule is CC(C)c1nsc(Oc2cncc(Br)c2)n1. The quantitative estimate of drug-likeness (QED) is 0.868. The summed E-state index contributed by atoms with van der Waals surface area (Å²) in [5.74, 6) is 1.78. The van der Waals surface area contributed by atoms with Crippen molar-refractivity contribution in [2.24, 2.45) is 0 Å². The van der Waals surface area contributed by atoms with Crippen LogP contribution >= 0.6 is 27.5 Å². The Bertz CT molecular complexity index is 486. The Balaban J connectivity index is 2.14. The Labute approximate surface area is 106 Å². The molecule has 2 aromatic rings. The number of pyridine rings is 1. The fourth-order valence-corrected chi connectivity index (χ4v) is 2.08. The van der Waals surface area contributed by atoms with Crippen molar-refractivity contribution in [3.63, 3.8) is 0 Å². The van der Waals surface area contributed by atoms with E-state index < -0.39 is 0 Å². The van der Waals surface area contributed by atoms with Crippen LogP contribution in [0.5, 0.6) is 10.9 Å². The average molecular weight is 300 g/mol. The second-order valence-corrected chi connectivity index (χ2v) is 5.14. The van der Waals surface area contributed by atoms with E-state index in [0.29, 0.717) is 16.9 Å². The zero-order valence-electron chi connectivity index (χ0n) is 8.85. The minimum Gasteiger partial charge on any atom is -0.428 e. The van der Waals surface area contributed by atoms with Crippen LogP contribution in [-0.4, -0.2) is 14.3 Å². The van der Waals surface area contributed by atoms with E-state index in [0.717, 1.165) is 10.3 Å². The topological polar surface area (TPSA) is 47.9 Å². The standard InChI is InChI=1S/C10H10BrN3OS/c1-6(2)9-13-10(16-14-9)15-8-3-7(11)4-12-5-8/h3-6H,1-2H3. The summed E-state index contributed by atoms with van der Waals surface area (Å²) in [5.41, 5.74) is 0. The van der Waals surface area contributed by atoms with Gasteiger partial charge in [0.25, 0.3) is 5.19 Å². The Morgan fingerprint density at radius 2 is 2.19 bits per heavy atom. The zero-order chi connectivity index (χ0) is 11.5. The lowest BCUT2D eigenvalue weighted by Crippen LogP contribution is -1.90. The van der Waals surface area contributed by atoms with Crippen LogP contribution < -0.4 is 4.74 Å². The molecule has 6 heteroatoms. The Hall–Kier alpha value is -1.01. The average Bonchev–Trinajstić information content (AvgIpc) is 2.66. The highest BCUT2D eigenvalue weighted by molar-refractivity contribution is 9.10. The van der Waals surface area contributed by atoms with E-state index in [1.54, 1.807) is 12.4 Å². The molecule has 2 aromatic heterocycles. The van der Waals surface area contributed by atoms with Crippen LogP contribution in [0.2, 0.25) is 0 Å². The van der Waals surface area contributed by atoms with Crippen molar-refractivity contribution < 1.29 is 4.74 Å². The molecular formula is C10H10BrN3OS. The van der Waals surface area contributed by atoms with Gasteiger partial charge in [-0.05, 0) is 22.0 Å². The van der Waals surface area contributed by atoms with E-state index in [1.165, 1.54) is 11.5 Å². The molecule has 0 amide bonds. The van der Waals surface area contributed by atoms with Crippen LogP contribution in [0.1, 0.15) is 25.6 Å². The van der Waals surface area contributed by atoms with Gasteiger partial charge in [-0.15, -0.1) is 0 Å². The third kappa shape index (κ3) is 2.76. The molecule has 0 atom stereocenters. The van der Waals surface area contributed by atoms with Gasteiger partial charge in [0, 0.05) is 28.1 Å². The summed E-state index contributed by atoms with van der Waals surface area (Å²) in [6, 6.07) is 1.84. The minimum absolute atomic E-state index is 0.314. The van der Waals surface area contributed by atoms with E-state index in [2.05, 4.69) is 30.3 Å². The largest absolute Gasteiger partial charge is 0.428 e. The number of rotatable bonds is 3. The van der Waals surface area contributed by atoms with Crippen molar-refractivity contribution in [2.75, 3.05) is 0 Å². The van der Waals surface area contributed by atoms with E-state index in [-0.39, 0.29) is 0 Å². The number of nitrogens with zero attached hydrogens (tertiary/aromatic N) is 3. The highest BCUT2D eigenvalue weighted by atomic mass is 79.9. The first-order chi connectivity index (χ1) is 7.65. The molecule has 0 bridgehead atoms. The van der Waals surface area contributed by atoms with Crippen LogP contribution in [0, 0.1) is 0 Å². The molecule has 2 heterocycles. The predicted octanol–water partition coefficient (Wildman–Crippen LogP) is 3.61. The molecule has 0 saturated heterocycles. The highest BCUT2D eigenvalue weighted by Gasteiger charge is 2.09. The summed E-state index contributed by atoms with van der Waals surface area (Å²) in [6.45, 7) is 4.10. The third-order valence-electron chi connectivity index (χ3n) is 1.82. The van der Waals surface area contributed by atoms with Crippen LogP contribution in [0.3, 0.4) is 0 Å². The van der Waals surface area contributed by atoms with E-state index >= 15 is 0 Å². The van der Waals surface area contributed by atoms with Gasteiger partial charge in [-0.3, -0.25) is 4.98 Å². The molecule has 0 radical (unpaired) electrons. The molecule has 16 heavy (non-hydrogen) atoms. The van der Waals surface area contributed by atoms with Gasteiger partial charge in [-0.25, -0.2) is 0 Å². The maximum absolute atomic E-state index is 5.54. The molecule has 2 rings (SSSR count). The molecule has 0 unspecified atom stereocenters. The second kappa shape index (κ2) is 4.88. The van der Waals surface area contributed by atoms with Gasteiger partial charge in [0.15, 0.2) is 0 Å². The first-order valence-electron chi connectivity index (χ1n) is 4.77. The fourth-order valence-electron chi connectivity index (χ4n) is 1.05. The number of hydrogen-bond donors (Lipinski definition) is 0. The first kappa shape index (κ1) is 11.5. The van der Waals surface area contributed by atoms with Crippen LogP contribution in [0.15, 0.2) is 22.9 Å². The van der Waals surface area contributed by atoms with Gasteiger partial charge < -0.3 is 4.74 Å². The third-order valence-corrected chi connectivity index (χ3v) is 2.87. The van der Waals surface area contributed by atoms with Crippen molar-refractivity contribution in [3.8, 4) is 10.9 Å². The number of aromatic nitrogens is 3. The van der Waals surface area contributed by atoms with Crippen molar-refractivity contribution in [2.45, 2.75) is 19.8 Å². The van der Waals surface area contributed by atoms with Crippen LogP contribution in [0.4, 0.5) is 0 Å². The van der Waals surface area contributed by atoms with Gasteiger partial charge in [-0.2, -0.15) is 9.36 Å². The zero-order valence-corrected chi connectivity index (χ0v) is 11.2. The lowest BCUT2D eigenvalue weighted by Gasteiger charge is -2.00. The lowest BCUT2D eigenvalue weighted by atomic mass is 10.2. The van der Waals surface area contributed by atoms with Crippen LogP contribution in [-0.2, 0) is 0 Å². The molecule has 0 aliphatic carbocycles. The number of ether oxygens (including phenoxy) is 1. The van der Waals surface area contributed by atoms with Crippen molar-refractivity contribution >= 4 is 27.5 Å². The van der Waals surface area contributed by atoms with Crippen molar-refractivity contribution in [1.29, 1.82) is 0 Å². The number of hydrogen-bond acceptors (Lipinski definition) is 5. The summed E-state index contributed by atoms with van der Waals surface area (Å²) in [5, 5.41) is 0.545. The molecule has 4 nitrogen and oxygen atoms in total. The fraction of sp³-hybridized carbons (Fsp3) is 0.300. The van der Waals surface area contributed by atoms with Crippen molar-refractivity contribution in [1.82, 2.24) is 14.3 Å². The minimum atomic E-state index is 0.314. The summed E-state index contributed by atoms with van der Waals surface area (Å²) in [6.07, 6.45) is 3.34. The van der Waals surface area contributed by atoms with Gasteiger partial charge in [0.05, 0.1) is 6.20 Å². The van der Waals surface area contributed by atoms with Gasteiger partial charge in [0.2, 0.25) is 0 Å². The molecule has 0 fully saturated rings. The molecule has 84 valence electrons.